The third kappa shape index (κ3) is 5.57. The first-order chi connectivity index (χ1) is 10.5. The minimum Gasteiger partial charge on any atom is -0.481 e. The fraction of sp³-hybridized carbons (Fsp3) is 0.875. The number of carboxylic acid groups (broad SMARTS) is 2. The smallest absolute Gasteiger partial charge is 0.307 e. The van der Waals surface area contributed by atoms with Crippen molar-refractivity contribution in [3.8, 4) is 0 Å². The first-order valence-corrected chi connectivity index (χ1v) is 8.45. The normalized spacial score (nSPS) is 27.6. The number of rotatable bonds is 7. The number of likely N-dealkylation sites (tertiary alicyclic amines) is 1. The van der Waals surface area contributed by atoms with Crippen molar-refractivity contribution >= 4 is 11.9 Å². The summed E-state index contributed by atoms with van der Waals surface area (Å²) in [5, 5.41) is 21.6. The fourth-order valence-corrected chi connectivity index (χ4v) is 3.68. The summed E-state index contributed by atoms with van der Waals surface area (Å²) in [6.07, 6.45) is 7.20. The van der Waals surface area contributed by atoms with Gasteiger partial charge in [0.2, 0.25) is 0 Å². The van der Waals surface area contributed by atoms with E-state index in [4.69, 9.17) is 5.11 Å². The molecule has 0 aromatic heterocycles. The SMILES string of the molecule is O=C(O)CCN1CC(NCC2CCCCC2)CC(C(=O)O)C1. The summed E-state index contributed by atoms with van der Waals surface area (Å²) in [5.74, 6) is -1.29. The number of carbonyl (C=O) groups is 2. The Hall–Kier alpha value is -1.14. The van der Waals surface area contributed by atoms with Crippen LogP contribution < -0.4 is 5.32 Å². The molecule has 1 heterocycles. The topological polar surface area (TPSA) is 89.9 Å². The van der Waals surface area contributed by atoms with Crippen LogP contribution >= 0.6 is 0 Å². The van der Waals surface area contributed by atoms with Crippen molar-refractivity contribution < 1.29 is 19.8 Å². The quantitative estimate of drug-likeness (QED) is 0.658. The monoisotopic (exact) mass is 312 g/mol. The molecule has 126 valence electrons. The Morgan fingerprint density at radius 2 is 1.82 bits per heavy atom. The van der Waals surface area contributed by atoms with Crippen LogP contribution in [0.2, 0.25) is 0 Å². The first-order valence-electron chi connectivity index (χ1n) is 8.45. The van der Waals surface area contributed by atoms with Crippen molar-refractivity contribution in [3.63, 3.8) is 0 Å². The molecule has 2 aliphatic rings. The highest BCUT2D eigenvalue weighted by Crippen LogP contribution is 2.24. The molecule has 0 amide bonds. The molecular weight excluding hydrogens is 284 g/mol. The average molecular weight is 312 g/mol. The molecule has 1 saturated carbocycles. The predicted molar refractivity (Wildman–Crippen MR) is 82.8 cm³/mol. The van der Waals surface area contributed by atoms with Crippen LogP contribution in [-0.2, 0) is 9.59 Å². The second kappa shape index (κ2) is 8.48. The molecule has 0 radical (unpaired) electrons. The highest BCUT2D eigenvalue weighted by molar-refractivity contribution is 5.70. The van der Waals surface area contributed by atoms with Crippen molar-refractivity contribution in [2.75, 3.05) is 26.2 Å². The van der Waals surface area contributed by atoms with Crippen LogP contribution in [0.25, 0.3) is 0 Å². The zero-order valence-corrected chi connectivity index (χ0v) is 13.2. The van der Waals surface area contributed by atoms with E-state index < -0.39 is 17.9 Å². The second-order valence-electron chi connectivity index (χ2n) is 6.78. The highest BCUT2D eigenvalue weighted by Gasteiger charge is 2.31. The zero-order valence-electron chi connectivity index (χ0n) is 13.2. The molecule has 1 aliphatic heterocycles. The van der Waals surface area contributed by atoms with Gasteiger partial charge in [-0.25, -0.2) is 0 Å². The molecule has 0 aromatic rings. The average Bonchev–Trinajstić information content (AvgIpc) is 2.52. The zero-order chi connectivity index (χ0) is 15.9. The third-order valence-electron chi connectivity index (χ3n) is 4.94. The summed E-state index contributed by atoms with van der Waals surface area (Å²) in [4.78, 5) is 24.0. The van der Waals surface area contributed by atoms with Crippen LogP contribution in [0.4, 0.5) is 0 Å². The minimum absolute atomic E-state index is 0.0711. The van der Waals surface area contributed by atoms with Gasteiger partial charge in [0, 0.05) is 25.7 Å². The van der Waals surface area contributed by atoms with E-state index in [-0.39, 0.29) is 12.5 Å². The van der Waals surface area contributed by atoms with Crippen molar-refractivity contribution in [1.29, 1.82) is 0 Å². The number of hydrogen-bond donors (Lipinski definition) is 3. The molecule has 0 aromatic carbocycles. The minimum atomic E-state index is -0.829. The molecule has 1 aliphatic carbocycles. The Morgan fingerprint density at radius 3 is 2.45 bits per heavy atom. The molecule has 2 rings (SSSR count). The van der Waals surface area contributed by atoms with Crippen LogP contribution in [0.5, 0.6) is 0 Å². The number of nitrogens with zero attached hydrogens (tertiary/aromatic N) is 1. The lowest BCUT2D eigenvalue weighted by Crippen LogP contribution is -2.52. The molecule has 1 saturated heterocycles. The molecule has 6 nitrogen and oxygen atoms in total. The molecular formula is C16H28N2O4. The van der Waals surface area contributed by atoms with Gasteiger partial charge in [-0.15, -0.1) is 0 Å². The maximum absolute atomic E-state index is 11.3. The Balaban J connectivity index is 1.82. The van der Waals surface area contributed by atoms with Gasteiger partial charge in [0.05, 0.1) is 12.3 Å². The summed E-state index contributed by atoms with van der Waals surface area (Å²) in [7, 11) is 0. The van der Waals surface area contributed by atoms with E-state index in [2.05, 4.69) is 5.32 Å². The van der Waals surface area contributed by atoms with Crippen molar-refractivity contribution in [2.24, 2.45) is 11.8 Å². The van der Waals surface area contributed by atoms with Crippen LogP contribution in [0.15, 0.2) is 0 Å². The molecule has 2 fully saturated rings. The van der Waals surface area contributed by atoms with Crippen LogP contribution in [0.1, 0.15) is 44.9 Å². The molecule has 2 unspecified atom stereocenters. The molecule has 3 N–H and O–H groups in total. The van der Waals surface area contributed by atoms with Gasteiger partial charge < -0.3 is 20.4 Å². The van der Waals surface area contributed by atoms with E-state index in [1.165, 1.54) is 32.1 Å². The highest BCUT2D eigenvalue weighted by atomic mass is 16.4. The standard InChI is InChI=1S/C16H28N2O4/c19-15(20)6-7-18-10-13(16(21)22)8-14(11-18)17-9-12-4-2-1-3-5-12/h12-14,17H,1-11H2,(H,19,20)(H,21,22). The van der Waals surface area contributed by atoms with E-state index in [0.717, 1.165) is 13.1 Å². The van der Waals surface area contributed by atoms with Gasteiger partial charge in [0.1, 0.15) is 0 Å². The number of hydrogen-bond acceptors (Lipinski definition) is 4. The van der Waals surface area contributed by atoms with Crippen molar-refractivity contribution in [3.05, 3.63) is 0 Å². The summed E-state index contributed by atoms with van der Waals surface area (Å²) < 4.78 is 0. The Bertz CT molecular complexity index is 382. The lowest BCUT2D eigenvalue weighted by molar-refractivity contribution is -0.144. The van der Waals surface area contributed by atoms with Gasteiger partial charge in [0.25, 0.3) is 0 Å². The number of aliphatic carboxylic acids is 2. The molecule has 22 heavy (non-hydrogen) atoms. The molecule has 0 bridgehead atoms. The molecule has 6 heteroatoms. The van der Waals surface area contributed by atoms with Crippen LogP contribution in [-0.4, -0.2) is 59.3 Å². The number of nitrogens with one attached hydrogen (secondary N) is 1. The summed E-state index contributed by atoms with van der Waals surface area (Å²) in [5.41, 5.74) is 0. The Kier molecular flexibility index (Phi) is 6.64. The Labute approximate surface area is 131 Å². The maximum Gasteiger partial charge on any atom is 0.307 e. The number of piperidine rings is 1. The van der Waals surface area contributed by atoms with Gasteiger partial charge in [-0.1, -0.05) is 19.3 Å². The predicted octanol–water partition coefficient (Wildman–Crippen LogP) is 1.41. The van der Waals surface area contributed by atoms with Crippen molar-refractivity contribution in [1.82, 2.24) is 10.2 Å². The van der Waals surface area contributed by atoms with E-state index in [1.807, 2.05) is 4.90 Å². The fourth-order valence-electron chi connectivity index (χ4n) is 3.68. The van der Waals surface area contributed by atoms with E-state index in [0.29, 0.717) is 25.4 Å². The van der Waals surface area contributed by atoms with E-state index in [1.54, 1.807) is 0 Å². The van der Waals surface area contributed by atoms with Gasteiger partial charge in [-0.3, -0.25) is 9.59 Å². The molecule has 0 spiro atoms. The second-order valence-corrected chi connectivity index (χ2v) is 6.78. The third-order valence-corrected chi connectivity index (χ3v) is 4.94. The number of carboxylic acids is 2. The van der Waals surface area contributed by atoms with Crippen LogP contribution in [0.3, 0.4) is 0 Å². The van der Waals surface area contributed by atoms with Crippen molar-refractivity contribution in [2.45, 2.75) is 51.0 Å². The summed E-state index contributed by atoms with van der Waals surface area (Å²) in [6, 6.07) is 0.158. The van der Waals surface area contributed by atoms with Crippen LogP contribution in [0, 0.1) is 11.8 Å². The van der Waals surface area contributed by atoms with E-state index >= 15 is 0 Å². The molecule has 2 atom stereocenters. The van der Waals surface area contributed by atoms with Gasteiger partial charge in [0.15, 0.2) is 0 Å². The first kappa shape index (κ1) is 17.2. The van der Waals surface area contributed by atoms with Gasteiger partial charge in [-0.2, -0.15) is 0 Å². The largest absolute Gasteiger partial charge is 0.481 e. The Morgan fingerprint density at radius 1 is 1.09 bits per heavy atom. The lowest BCUT2D eigenvalue weighted by atomic mass is 9.88. The van der Waals surface area contributed by atoms with Gasteiger partial charge >= 0.3 is 11.9 Å². The summed E-state index contributed by atoms with van der Waals surface area (Å²) >= 11 is 0. The summed E-state index contributed by atoms with van der Waals surface area (Å²) in [6.45, 7) is 2.61. The maximum atomic E-state index is 11.3. The lowest BCUT2D eigenvalue weighted by Gasteiger charge is -2.37. The van der Waals surface area contributed by atoms with E-state index in [9.17, 15) is 14.7 Å². The van der Waals surface area contributed by atoms with Gasteiger partial charge in [-0.05, 0) is 31.7 Å².